The molecule has 4 nitrogen and oxygen atoms in total. The molecule has 0 aliphatic heterocycles. The summed E-state index contributed by atoms with van der Waals surface area (Å²) in [5.74, 6) is 0. The molecule has 1 heterocycles. The van der Waals surface area contributed by atoms with Crippen LogP contribution in [0.3, 0.4) is 0 Å². The third-order valence-corrected chi connectivity index (χ3v) is 4.45. The molecule has 1 aromatic rings. The van der Waals surface area contributed by atoms with Crippen LogP contribution < -0.4 is 5.73 Å². The van der Waals surface area contributed by atoms with Gasteiger partial charge in [0.15, 0.2) is 0 Å². The van der Waals surface area contributed by atoms with Gasteiger partial charge in [0, 0.05) is 19.3 Å². The van der Waals surface area contributed by atoms with Gasteiger partial charge < -0.3 is 10.5 Å². The molecule has 2 rings (SSSR count). The first-order chi connectivity index (χ1) is 9.73. The highest BCUT2D eigenvalue weighted by Crippen LogP contribution is 2.39. The lowest BCUT2D eigenvalue weighted by Crippen LogP contribution is -2.44. The van der Waals surface area contributed by atoms with Crippen LogP contribution in [0.25, 0.3) is 0 Å². The van der Waals surface area contributed by atoms with E-state index in [9.17, 15) is 0 Å². The molecule has 0 radical (unpaired) electrons. The Morgan fingerprint density at radius 1 is 1.30 bits per heavy atom. The van der Waals surface area contributed by atoms with Crippen molar-refractivity contribution < 1.29 is 4.74 Å². The van der Waals surface area contributed by atoms with Crippen molar-refractivity contribution in [3.8, 4) is 0 Å². The second kappa shape index (κ2) is 7.23. The van der Waals surface area contributed by atoms with Crippen molar-refractivity contribution >= 4 is 0 Å². The van der Waals surface area contributed by atoms with E-state index in [0.717, 1.165) is 38.1 Å². The lowest BCUT2D eigenvalue weighted by atomic mass is 9.84. The van der Waals surface area contributed by atoms with Crippen molar-refractivity contribution in [2.75, 3.05) is 6.61 Å². The Bertz CT molecular complexity index is 394. The number of ether oxygens (including phenoxy) is 1. The smallest absolute Gasteiger partial charge is 0.0889 e. The fourth-order valence-corrected chi connectivity index (χ4v) is 3.43. The number of nitrogens with zero attached hydrogens (tertiary/aromatic N) is 2. The minimum Gasteiger partial charge on any atom is -0.373 e. The minimum absolute atomic E-state index is 0.0744. The first-order valence-corrected chi connectivity index (χ1v) is 8.14. The number of aryl methyl sites for hydroxylation is 1. The van der Waals surface area contributed by atoms with Crippen molar-refractivity contribution in [2.45, 2.75) is 77.0 Å². The molecular formula is C16H29N3O. The summed E-state index contributed by atoms with van der Waals surface area (Å²) in [7, 11) is 0. The van der Waals surface area contributed by atoms with Gasteiger partial charge in [0.25, 0.3) is 0 Å². The topological polar surface area (TPSA) is 53.1 Å². The average molecular weight is 279 g/mol. The van der Waals surface area contributed by atoms with Gasteiger partial charge in [0.05, 0.1) is 17.3 Å². The summed E-state index contributed by atoms with van der Waals surface area (Å²) in [4.78, 5) is 0. The van der Waals surface area contributed by atoms with Crippen LogP contribution in [0.1, 0.15) is 70.5 Å². The van der Waals surface area contributed by atoms with Crippen molar-refractivity contribution in [2.24, 2.45) is 5.73 Å². The zero-order valence-corrected chi connectivity index (χ0v) is 13.0. The molecule has 1 saturated carbocycles. The molecule has 0 amide bonds. The van der Waals surface area contributed by atoms with E-state index in [2.05, 4.69) is 29.7 Å². The number of rotatable bonds is 6. The molecular weight excluding hydrogens is 250 g/mol. The van der Waals surface area contributed by atoms with Crippen LogP contribution in [-0.4, -0.2) is 22.0 Å². The Hall–Kier alpha value is -0.870. The fraction of sp³-hybridized carbons (Fsp3) is 0.812. The summed E-state index contributed by atoms with van der Waals surface area (Å²) in [6.45, 7) is 5.90. The predicted molar refractivity (Wildman–Crippen MR) is 81.5 cm³/mol. The van der Waals surface area contributed by atoms with Crippen molar-refractivity contribution in [1.29, 1.82) is 0 Å². The quantitative estimate of drug-likeness (QED) is 0.812. The summed E-state index contributed by atoms with van der Waals surface area (Å²) < 4.78 is 8.25. The molecule has 0 saturated heterocycles. The third kappa shape index (κ3) is 3.23. The van der Waals surface area contributed by atoms with Gasteiger partial charge in [0.1, 0.15) is 0 Å². The van der Waals surface area contributed by atoms with Crippen LogP contribution in [0.2, 0.25) is 0 Å². The maximum absolute atomic E-state index is 6.65. The Morgan fingerprint density at radius 3 is 2.60 bits per heavy atom. The van der Waals surface area contributed by atoms with Crippen LogP contribution in [0, 0.1) is 0 Å². The molecule has 0 aromatic carbocycles. The lowest BCUT2D eigenvalue weighted by molar-refractivity contribution is -0.0712. The van der Waals surface area contributed by atoms with Gasteiger partial charge in [-0.25, -0.2) is 0 Å². The summed E-state index contributed by atoms with van der Waals surface area (Å²) in [6, 6.07) is 1.99. The second-order valence-corrected chi connectivity index (χ2v) is 5.87. The minimum atomic E-state index is -0.198. The summed E-state index contributed by atoms with van der Waals surface area (Å²) in [5.41, 5.74) is 7.58. The van der Waals surface area contributed by atoms with Crippen molar-refractivity contribution in [3.05, 3.63) is 18.0 Å². The maximum atomic E-state index is 6.65. The van der Waals surface area contributed by atoms with Gasteiger partial charge in [-0.15, -0.1) is 0 Å². The third-order valence-electron chi connectivity index (χ3n) is 4.45. The lowest BCUT2D eigenvalue weighted by Gasteiger charge is -2.38. The van der Waals surface area contributed by atoms with Gasteiger partial charge in [-0.1, -0.05) is 32.6 Å². The zero-order valence-electron chi connectivity index (χ0n) is 13.0. The van der Waals surface area contributed by atoms with E-state index in [-0.39, 0.29) is 11.6 Å². The normalized spacial score (nSPS) is 20.6. The summed E-state index contributed by atoms with van der Waals surface area (Å²) in [5, 5.41) is 4.42. The fourth-order valence-electron chi connectivity index (χ4n) is 3.43. The second-order valence-electron chi connectivity index (χ2n) is 5.87. The molecule has 1 fully saturated rings. The van der Waals surface area contributed by atoms with E-state index >= 15 is 0 Å². The molecule has 20 heavy (non-hydrogen) atoms. The Kier molecular flexibility index (Phi) is 5.61. The maximum Gasteiger partial charge on any atom is 0.0889 e. The molecule has 2 N–H and O–H groups in total. The zero-order chi connectivity index (χ0) is 14.4. The van der Waals surface area contributed by atoms with Gasteiger partial charge in [-0.05, 0) is 32.3 Å². The molecule has 1 atom stereocenters. The molecule has 1 aromatic heterocycles. The van der Waals surface area contributed by atoms with Crippen LogP contribution in [-0.2, 0) is 11.3 Å². The van der Waals surface area contributed by atoms with Gasteiger partial charge in [-0.3, -0.25) is 4.68 Å². The summed E-state index contributed by atoms with van der Waals surface area (Å²) in [6.07, 6.45) is 10.1. The average Bonchev–Trinajstić information content (AvgIpc) is 2.77. The highest BCUT2D eigenvalue weighted by molar-refractivity contribution is 5.13. The molecule has 1 unspecified atom stereocenters. The van der Waals surface area contributed by atoms with Crippen LogP contribution in [0.5, 0.6) is 0 Å². The largest absolute Gasteiger partial charge is 0.373 e. The Balaban J connectivity index is 2.24. The monoisotopic (exact) mass is 279 g/mol. The number of nitrogens with two attached hydrogens (primary N) is 1. The van der Waals surface area contributed by atoms with Gasteiger partial charge in [-0.2, -0.15) is 5.10 Å². The Morgan fingerprint density at radius 2 is 2.00 bits per heavy atom. The van der Waals surface area contributed by atoms with Crippen LogP contribution >= 0.6 is 0 Å². The van der Waals surface area contributed by atoms with E-state index in [4.69, 9.17) is 10.5 Å². The standard InChI is InChI=1S/C16H29N3O/c1-3-13-19-14(9-12-18-19)15(17)16(20-4-2)10-7-5-6-8-11-16/h9,12,15H,3-8,10-11,13,17H2,1-2H3. The SMILES string of the molecule is CCCn1nccc1C(N)C1(OCC)CCCCCC1. The Labute approximate surface area is 122 Å². The van der Waals surface area contributed by atoms with E-state index in [1.165, 1.54) is 25.7 Å². The number of hydrogen-bond donors (Lipinski definition) is 1. The first kappa shape index (κ1) is 15.5. The predicted octanol–water partition coefficient (Wildman–Crippen LogP) is 3.42. The molecule has 1 aliphatic carbocycles. The van der Waals surface area contributed by atoms with Gasteiger partial charge >= 0.3 is 0 Å². The molecule has 4 heteroatoms. The highest BCUT2D eigenvalue weighted by Gasteiger charge is 2.39. The first-order valence-electron chi connectivity index (χ1n) is 8.14. The molecule has 0 spiro atoms. The van der Waals surface area contributed by atoms with Crippen molar-refractivity contribution in [3.63, 3.8) is 0 Å². The van der Waals surface area contributed by atoms with Crippen LogP contribution in [0.15, 0.2) is 12.3 Å². The summed E-state index contributed by atoms with van der Waals surface area (Å²) >= 11 is 0. The van der Waals surface area contributed by atoms with E-state index < -0.39 is 0 Å². The number of hydrogen-bond acceptors (Lipinski definition) is 3. The molecule has 114 valence electrons. The van der Waals surface area contributed by atoms with Crippen LogP contribution in [0.4, 0.5) is 0 Å². The highest BCUT2D eigenvalue weighted by atomic mass is 16.5. The van der Waals surface area contributed by atoms with E-state index in [1.807, 2.05) is 6.20 Å². The molecule has 0 bridgehead atoms. The van der Waals surface area contributed by atoms with Crippen molar-refractivity contribution in [1.82, 2.24) is 9.78 Å². The number of aromatic nitrogens is 2. The molecule has 1 aliphatic rings. The van der Waals surface area contributed by atoms with E-state index in [0.29, 0.717) is 0 Å². The van der Waals surface area contributed by atoms with Gasteiger partial charge in [0.2, 0.25) is 0 Å². The van der Waals surface area contributed by atoms with E-state index in [1.54, 1.807) is 0 Å².